The lowest BCUT2D eigenvalue weighted by Gasteiger charge is -2.38. The number of amides is 2. The van der Waals surface area contributed by atoms with Gasteiger partial charge in [-0.25, -0.2) is 0 Å². The first kappa shape index (κ1) is 25.0. The van der Waals surface area contributed by atoms with Crippen molar-refractivity contribution in [2.75, 3.05) is 13.7 Å². The maximum absolute atomic E-state index is 14.4. The van der Waals surface area contributed by atoms with Crippen molar-refractivity contribution in [2.45, 2.75) is 37.8 Å². The van der Waals surface area contributed by atoms with Crippen LogP contribution in [0.5, 0.6) is 5.75 Å². The largest absolute Gasteiger partial charge is 0.497 e. The summed E-state index contributed by atoms with van der Waals surface area (Å²) in [6, 6.07) is 25.5. The van der Waals surface area contributed by atoms with E-state index < -0.39 is 23.9 Å². The van der Waals surface area contributed by atoms with Crippen LogP contribution in [0.2, 0.25) is 0 Å². The summed E-state index contributed by atoms with van der Waals surface area (Å²) >= 11 is 0. The zero-order chi connectivity index (χ0) is 24.5. The van der Waals surface area contributed by atoms with E-state index in [1.54, 1.807) is 12.0 Å². The van der Waals surface area contributed by atoms with Crippen molar-refractivity contribution in [3.8, 4) is 5.75 Å². The number of hydrogen-bond acceptors (Lipinski definition) is 4. The summed E-state index contributed by atoms with van der Waals surface area (Å²) in [7, 11) is 1.61. The maximum atomic E-state index is 14.4. The van der Waals surface area contributed by atoms with Crippen LogP contribution in [0, 0.1) is 0 Å². The Hall–Kier alpha value is -3.64. The molecular weight excluding hydrogens is 426 g/mol. The van der Waals surface area contributed by atoms with Gasteiger partial charge in [0.1, 0.15) is 11.8 Å². The van der Waals surface area contributed by atoms with E-state index in [0.717, 1.165) is 22.4 Å². The van der Waals surface area contributed by atoms with Gasteiger partial charge in [0.25, 0.3) is 0 Å². The molecule has 0 saturated heterocycles. The SMILES string of the molecule is COc1ccc([C@H](C)N(C(=O)C(c2ccccc2)c2ccccc2)[C@H](CCCN)C(N)=O)cc1. The Morgan fingerprint density at radius 2 is 1.38 bits per heavy atom. The van der Waals surface area contributed by atoms with Crippen LogP contribution < -0.4 is 16.2 Å². The Balaban J connectivity index is 2.11. The first-order valence-electron chi connectivity index (χ1n) is 11.5. The second kappa shape index (κ2) is 12.0. The highest BCUT2D eigenvalue weighted by Crippen LogP contribution is 2.33. The highest BCUT2D eigenvalue weighted by atomic mass is 16.5. The van der Waals surface area contributed by atoms with Gasteiger partial charge in [-0.2, -0.15) is 0 Å². The van der Waals surface area contributed by atoms with Gasteiger partial charge in [0, 0.05) is 0 Å². The van der Waals surface area contributed by atoms with E-state index in [1.807, 2.05) is 91.9 Å². The molecule has 34 heavy (non-hydrogen) atoms. The van der Waals surface area contributed by atoms with E-state index in [2.05, 4.69) is 0 Å². The van der Waals surface area contributed by atoms with Crippen molar-refractivity contribution < 1.29 is 14.3 Å². The summed E-state index contributed by atoms with van der Waals surface area (Å²) in [4.78, 5) is 28.6. The number of methoxy groups -OCH3 is 1. The van der Waals surface area contributed by atoms with Crippen LogP contribution >= 0.6 is 0 Å². The lowest BCUT2D eigenvalue weighted by molar-refractivity contribution is -0.142. The van der Waals surface area contributed by atoms with Crippen molar-refractivity contribution in [3.05, 3.63) is 102 Å². The molecule has 178 valence electrons. The van der Waals surface area contributed by atoms with Crippen LogP contribution in [0.3, 0.4) is 0 Å². The molecule has 3 aromatic rings. The molecule has 6 nitrogen and oxygen atoms in total. The van der Waals surface area contributed by atoms with Gasteiger partial charge < -0.3 is 21.1 Å². The molecule has 0 bridgehead atoms. The second-order valence-corrected chi connectivity index (χ2v) is 8.30. The smallest absolute Gasteiger partial charge is 0.240 e. The fourth-order valence-electron chi connectivity index (χ4n) is 4.30. The van der Waals surface area contributed by atoms with Gasteiger partial charge in [0.15, 0.2) is 0 Å². The van der Waals surface area contributed by atoms with E-state index in [1.165, 1.54) is 0 Å². The van der Waals surface area contributed by atoms with Crippen LogP contribution in [0.25, 0.3) is 0 Å². The Labute approximate surface area is 201 Å². The minimum absolute atomic E-state index is 0.179. The predicted octanol–water partition coefficient (Wildman–Crippen LogP) is 4.01. The number of rotatable bonds is 11. The van der Waals surface area contributed by atoms with Gasteiger partial charge in [0.2, 0.25) is 11.8 Å². The minimum atomic E-state index is -0.789. The molecule has 0 heterocycles. The number of hydrogen-bond donors (Lipinski definition) is 2. The van der Waals surface area contributed by atoms with E-state index >= 15 is 0 Å². The highest BCUT2D eigenvalue weighted by molar-refractivity contribution is 5.92. The molecule has 3 rings (SSSR count). The van der Waals surface area contributed by atoms with Crippen LogP contribution in [0.15, 0.2) is 84.9 Å². The molecule has 2 amide bonds. The second-order valence-electron chi connectivity index (χ2n) is 8.30. The average molecular weight is 460 g/mol. The molecule has 0 unspecified atom stereocenters. The molecule has 0 aliphatic heterocycles. The quantitative estimate of drug-likeness (QED) is 0.453. The first-order chi connectivity index (χ1) is 16.5. The first-order valence-corrected chi connectivity index (χ1v) is 11.5. The van der Waals surface area contributed by atoms with Crippen molar-refractivity contribution in [1.29, 1.82) is 0 Å². The van der Waals surface area contributed by atoms with Gasteiger partial charge in [-0.3, -0.25) is 9.59 Å². The molecule has 4 N–H and O–H groups in total. The molecule has 0 aliphatic carbocycles. The number of ether oxygens (including phenoxy) is 1. The molecule has 6 heteroatoms. The van der Waals surface area contributed by atoms with Crippen LogP contribution in [0.4, 0.5) is 0 Å². The van der Waals surface area contributed by atoms with Gasteiger partial charge in [0.05, 0.1) is 19.1 Å². The Morgan fingerprint density at radius 1 is 0.853 bits per heavy atom. The zero-order valence-corrected chi connectivity index (χ0v) is 19.8. The van der Waals surface area contributed by atoms with Crippen LogP contribution in [-0.4, -0.2) is 36.4 Å². The normalized spacial score (nSPS) is 12.7. The van der Waals surface area contributed by atoms with Crippen molar-refractivity contribution in [1.82, 2.24) is 4.90 Å². The summed E-state index contributed by atoms with van der Waals surface area (Å²) in [5, 5.41) is 0. The zero-order valence-electron chi connectivity index (χ0n) is 19.8. The molecule has 2 atom stereocenters. The molecule has 3 aromatic carbocycles. The molecule has 0 aromatic heterocycles. The average Bonchev–Trinajstić information content (AvgIpc) is 2.87. The lowest BCUT2D eigenvalue weighted by Crippen LogP contribution is -2.50. The number of nitrogens with zero attached hydrogens (tertiary/aromatic N) is 1. The topological polar surface area (TPSA) is 98.7 Å². The molecular formula is C28H33N3O3. The Bertz CT molecular complexity index is 1020. The summed E-state index contributed by atoms with van der Waals surface area (Å²) < 4.78 is 5.28. The van der Waals surface area contributed by atoms with Gasteiger partial charge in [-0.15, -0.1) is 0 Å². The van der Waals surface area contributed by atoms with Crippen LogP contribution in [-0.2, 0) is 9.59 Å². The third-order valence-electron chi connectivity index (χ3n) is 6.13. The number of carbonyl (C=O) groups excluding carboxylic acids is 2. The summed E-state index contributed by atoms with van der Waals surface area (Å²) in [6.07, 6.45) is 0.975. The Kier molecular flexibility index (Phi) is 8.82. The van der Waals surface area contributed by atoms with E-state index in [0.29, 0.717) is 19.4 Å². The van der Waals surface area contributed by atoms with Crippen molar-refractivity contribution in [3.63, 3.8) is 0 Å². The number of primary amides is 1. The third-order valence-corrected chi connectivity index (χ3v) is 6.13. The number of benzene rings is 3. The van der Waals surface area contributed by atoms with E-state index in [-0.39, 0.29) is 5.91 Å². The Morgan fingerprint density at radius 3 is 1.82 bits per heavy atom. The molecule has 0 spiro atoms. The van der Waals surface area contributed by atoms with Crippen LogP contribution in [0.1, 0.15) is 48.4 Å². The number of carbonyl (C=O) groups is 2. The lowest BCUT2D eigenvalue weighted by atomic mass is 9.88. The molecule has 0 fully saturated rings. The monoisotopic (exact) mass is 459 g/mol. The summed E-state index contributed by atoms with van der Waals surface area (Å²) in [5.74, 6) is -0.582. The predicted molar refractivity (Wildman–Crippen MR) is 134 cm³/mol. The van der Waals surface area contributed by atoms with Crippen molar-refractivity contribution >= 4 is 11.8 Å². The van der Waals surface area contributed by atoms with Gasteiger partial charge in [-0.1, -0.05) is 72.8 Å². The minimum Gasteiger partial charge on any atom is -0.497 e. The third kappa shape index (κ3) is 5.83. The number of nitrogens with two attached hydrogens (primary N) is 2. The molecule has 0 aliphatic rings. The highest BCUT2D eigenvalue weighted by Gasteiger charge is 2.37. The van der Waals surface area contributed by atoms with Crippen molar-refractivity contribution in [2.24, 2.45) is 11.5 Å². The van der Waals surface area contributed by atoms with Gasteiger partial charge in [-0.05, 0) is 55.1 Å². The van der Waals surface area contributed by atoms with E-state index in [9.17, 15) is 9.59 Å². The molecule has 0 radical (unpaired) electrons. The van der Waals surface area contributed by atoms with Gasteiger partial charge >= 0.3 is 0 Å². The fourth-order valence-corrected chi connectivity index (χ4v) is 4.30. The van der Waals surface area contributed by atoms with E-state index in [4.69, 9.17) is 16.2 Å². The molecule has 0 saturated carbocycles. The maximum Gasteiger partial charge on any atom is 0.240 e. The summed E-state index contributed by atoms with van der Waals surface area (Å²) in [6.45, 7) is 2.33. The summed E-state index contributed by atoms with van der Waals surface area (Å²) in [5.41, 5.74) is 14.2. The fraction of sp³-hybridized carbons (Fsp3) is 0.286. The standard InChI is InChI=1S/C28H33N3O3/c1-20(21-15-17-24(34-2)18-16-21)31(25(27(30)32)14-9-19-29)28(33)26(22-10-5-3-6-11-22)23-12-7-4-8-13-23/h3-8,10-13,15-18,20,25-26H,9,14,19,29H2,1-2H3,(H2,30,32)/t20-,25+/m0/s1.